The number of rotatable bonds is 2. The van der Waals surface area contributed by atoms with Crippen molar-refractivity contribution in [3.8, 4) is 0 Å². The molecule has 5 heteroatoms. The van der Waals surface area contributed by atoms with Gasteiger partial charge in [0.15, 0.2) is 0 Å². The zero-order valence-corrected chi connectivity index (χ0v) is 7.46. The van der Waals surface area contributed by atoms with Crippen LogP contribution < -0.4 is 4.74 Å². The van der Waals surface area contributed by atoms with Gasteiger partial charge in [0.05, 0.1) is 6.61 Å². The number of esters is 1. The van der Waals surface area contributed by atoms with E-state index < -0.39 is 5.97 Å². The quantitative estimate of drug-likeness (QED) is 0.522. The van der Waals surface area contributed by atoms with Crippen molar-refractivity contribution in [3.63, 3.8) is 0 Å². The summed E-state index contributed by atoms with van der Waals surface area (Å²) in [5.41, 5.74) is 0.154. The van der Waals surface area contributed by atoms with Gasteiger partial charge in [0.25, 0.3) is 4.74 Å². The Morgan fingerprint density at radius 1 is 1.73 bits per heavy atom. The van der Waals surface area contributed by atoms with E-state index in [9.17, 15) is 9.59 Å². The summed E-state index contributed by atoms with van der Waals surface area (Å²) in [5.74, 6) is -0.519. The molecule has 0 saturated heterocycles. The SMILES string of the molecule is CCOC(=O)c1cssc1=O. The normalized spacial score (nSPS) is 9.55. The molecule has 0 radical (unpaired) electrons. The zero-order chi connectivity index (χ0) is 8.27. The van der Waals surface area contributed by atoms with Crippen LogP contribution in [0.15, 0.2) is 10.2 Å². The molecule has 0 amide bonds. The van der Waals surface area contributed by atoms with Crippen LogP contribution in [0.4, 0.5) is 0 Å². The molecule has 0 fully saturated rings. The lowest BCUT2D eigenvalue weighted by Crippen LogP contribution is -2.11. The van der Waals surface area contributed by atoms with E-state index in [-0.39, 0.29) is 10.3 Å². The Labute approximate surface area is 70.6 Å². The Hall–Kier alpha value is -0.680. The molecule has 0 unspecified atom stereocenters. The first kappa shape index (κ1) is 8.42. The minimum absolute atomic E-state index is 0.154. The molecule has 0 N–H and O–H groups in total. The van der Waals surface area contributed by atoms with E-state index in [4.69, 9.17) is 0 Å². The van der Waals surface area contributed by atoms with Gasteiger partial charge in [-0.25, -0.2) is 4.79 Å². The number of ether oxygens (including phenoxy) is 1. The summed E-state index contributed by atoms with van der Waals surface area (Å²) in [6.45, 7) is 2.01. The largest absolute Gasteiger partial charge is 0.462 e. The van der Waals surface area contributed by atoms with E-state index >= 15 is 0 Å². The molecular weight excluding hydrogens is 184 g/mol. The highest BCUT2D eigenvalue weighted by atomic mass is 32.9. The van der Waals surface area contributed by atoms with Gasteiger partial charge in [0, 0.05) is 5.38 Å². The highest BCUT2D eigenvalue weighted by Gasteiger charge is 2.11. The monoisotopic (exact) mass is 190 g/mol. The van der Waals surface area contributed by atoms with E-state index in [2.05, 4.69) is 4.74 Å². The highest BCUT2D eigenvalue weighted by molar-refractivity contribution is 7.67. The van der Waals surface area contributed by atoms with Crippen LogP contribution in [-0.2, 0) is 4.74 Å². The molecular formula is C6H6O3S2. The lowest BCUT2D eigenvalue weighted by Gasteiger charge is -1.94. The second kappa shape index (κ2) is 3.64. The maximum atomic E-state index is 10.9. The zero-order valence-electron chi connectivity index (χ0n) is 5.83. The standard InChI is InChI=1S/C6H6O3S2/c1-2-9-5(7)4-3-10-11-6(4)8/h3H,2H2,1H3. The fourth-order valence-corrected chi connectivity index (χ4v) is 2.26. The maximum absolute atomic E-state index is 10.9. The Morgan fingerprint density at radius 3 is 2.91 bits per heavy atom. The number of carbonyl (C=O) groups is 1. The average molecular weight is 190 g/mol. The Morgan fingerprint density at radius 2 is 2.45 bits per heavy atom. The first-order chi connectivity index (χ1) is 5.25. The molecule has 3 nitrogen and oxygen atoms in total. The van der Waals surface area contributed by atoms with Gasteiger partial charge in [-0.3, -0.25) is 4.79 Å². The molecule has 1 rings (SSSR count). The van der Waals surface area contributed by atoms with Crippen molar-refractivity contribution in [2.24, 2.45) is 0 Å². The van der Waals surface area contributed by atoms with Gasteiger partial charge < -0.3 is 4.74 Å². The number of carbonyl (C=O) groups excluding carboxylic acids is 1. The smallest absolute Gasteiger partial charge is 0.343 e. The van der Waals surface area contributed by atoms with E-state index in [1.807, 2.05) is 0 Å². The predicted molar refractivity (Wildman–Crippen MR) is 44.4 cm³/mol. The lowest BCUT2D eigenvalue weighted by molar-refractivity contribution is 0.0526. The molecule has 0 spiro atoms. The predicted octanol–water partition coefficient (Wildman–Crippen LogP) is 1.35. The Bertz CT molecular complexity index is 299. The molecule has 0 aromatic carbocycles. The molecule has 0 saturated carbocycles. The van der Waals surface area contributed by atoms with Crippen molar-refractivity contribution in [3.05, 3.63) is 20.5 Å². The van der Waals surface area contributed by atoms with Crippen LogP contribution in [0.2, 0.25) is 0 Å². The van der Waals surface area contributed by atoms with Crippen molar-refractivity contribution >= 4 is 26.7 Å². The van der Waals surface area contributed by atoms with Crippen molar-refractivity contribution in [1.82, 2.24) is 0 Å². The summed E-state index contributed by atoms with van der Waals surface area (Å²) >= 11 is 0. The van der Waals surface area contributed by atoms with Crippen LogP contribution >= 0.6 is 20.7 Å². The first-order valence-corrected chi connectivity index (χ1v) is 5.22. The Kier molecular flexibility index (Phi) is 2.78. The van der Waals surface area contributed by atoms with Crippen LogP contribution in [0.3, 0.4) is 0 Å². The molecule has 1 aromatic heterocycles. The molecule has 1 aromatic rings. The van der Waals surface area contributed by atoms with Crippen molar-refractivity contribution < 1.29 is 9.53 Å². The second-order valence-corrected chi connectivity index (χ2v) is 3.76. The third-order valence-corrected chi connectivity index (χ3v) is 2.84. The van der Waals surface area contributed by atoms with Gasteiger partial charge in [-0.1, -0.05) is 10.3 Å². The van der Waals surface area contributed by atoms with Crippen molar-refractivity contribution in [2.75, 3.05) is 6.61 Å². The van der Waals surface area contributed by atoms with Crippen LogP contribution in [-0.4, -0.2) is 12.6 Å². The fourth-order valence-electron chi connectivity index (χ4n) is 0.549. The van der Waals surface area contributed by atoms with E-state index in [1.54, 1.807) is 6.92 Å². The fraction of sp³-hybridized carbons (Fsp3) is 0.333. The third kappa shape index (κ3) is 1.87. The van der Waals surface area contributed by atoms with Crippen LogP contribution in [0.5, 0.6) is 0 Å². The maximum Gasteiger partial charge on any atom is 0.343 e. The van der Waals surface area contributed by atoms with Gasteiger partial charge >= 0.3 is 5.97 Å². The summed E-state index contributed by atoms with van der Waals surface area (Å²) in [4.78, 5) is 21.8. The van der Waals surface area contributed by atoms with Crippen LogP contribution in [0.25, 0.3) is 0 Å². The minimum Gasteiger partial charge on any atom is -0.462 e. The molecule has 1 heterocycles. The van der Waals surface area contributed by atoms with Gasteiger partial charge in [-0.15, -0.1) is 0 Å². The van der Waals surface area contributed by atoms with Gasteiger partial charge in [0.1, 0.15) is 5.56 Å². The van der Waals surface area contributed by atoms with Gasteiger partial charge in [-0.05, 0) is 17.3 Å². The lowest BCUT2D eigenvalue weighted by atomic mass is 10.4. The summed E-state index contributed by atoms with van der Waals surface area (Å²) in [6.07, 6.45) is 0. The highest BCUT2D eigenvalue weighted by Crippen LogP contribution is 2.06. The second-order valence-electron chi connectivity index (χ2n) is 1.72. The minimum atomic E-state index is -0.519. The van der Waals surface area contributed by atoms with E-state index in [0.717, 1.165) is 10.3 Å². The van der Waals surface area contributed by atoms with Gasteiger partial charge in [0.2, 0.25) is 0 Å². The van der Waals surface area contributed by atoms with Crippen LogP contribution in [0.1, 0.15) is 17.3 Å². The molecule has 0 aliphatic carbocycles. The molecule has 11 heavy (non-hydrogen) atoms. The van der Waals surface area contributed by atoms with Crippen LogP contribution in [0, 0.1) is 0 Å². The van der Waals surface area contributed by atoms with Crippen molar-refractivity contribution in [2.45, 2.75) is 6.92 Å². The van der Waals surface area contributed by atoms with E-state index in [0.29, 0.717) is 6.61 Å². The molecule has 60 valence electrons. The number of hydrogen-bond acceptors (Lipinski definition) is 5. The molecule has 0 aliphatic rings. The summed E-state index contributed by atoms with van der Waals surface area (Å²) < 4.78 is 4.43. The van der Waals surface area contributed by atoms with Gasteiger partial charge in [-0.2, -0.15) is 0 Å². The summed E-state index contributed by atoms with van der Waals surface area (Å²) in [5, 5.41) is 1.52. The first-order valence-electron chi connectivity index (χ1n) is 3.00. The molecule has 0 bridgehead atoms. The summed E-state index contributed by atoms with van der Waals surface area (Å²) in [7, 11) is 2.29. The third-order valence-electron chi connectivity index (χ3n) is 1.01. The summed E-state index contributed by atoms with van der Waals surface area (Å²) in [6, 6.07) is 0. The van der Waals surface area contributed by atoms with Crippen molar-refractivity contribution in [1.29, 1.82) is 0 Å². The topological polar surface area (TPSA) is 43.4 Å². The average Bonchev–Trinajstić information content (AvgIpc) is 2.36. The number of hydrogen-bond donors (Lipinski definition) is 0. The van der Waals surface area contributed by atoms with E-state index in [1.165, 1.54) is 15.7 Å². The molecule has 0 atom stereocenters. The Balaban J connectivity index is 2.85. The molecule has 0 aliphatic heterocycles.